The first-order valence-corrected chi connectivity index (χ1v) is 7.02. The van der Waals surface area contributed by atoms with E-state index in [-0.39, 0.29) is 11.7 Å². The van der Waals surface area contributed by atoms with Gasteiger partial charge in [0.1, 0.15) is 12.2 Å². The van der Waals surface area contributed by atoms with Crippen LogP contribution in [0.1, 0.15) is 10.5 Å². The fraction of sp³-hybridized carbons (Fsp3) is 0.133. The molecular formula is C15H14BrN3O3. The second-order valence-electron chi connectivity index (χ2n) is 4.22. The molecule has 2 aromatic rings. The molecule has 0 aliphatic rings. The van der Waals surface area contributed by atoms with Crippen LogP contribution in [0.5, 0.6) is 5.88 Å². The van der Waals surface area contributed by atoms with Gasteiger partial charge in [0, 0.05) is 10.5 Å². The van der Waals surface area contributed by atoms with Gasteiger partial charge in [-0.25, -0.2) is 0 Å². The van der Waals surface area contributed by atoms with Crippen LogP contribution in [-0.4, -0.2) is 23.8 Å². The number of rotatable bonds is 5. The van der Waals surface area contributed by atoms with Gasteiger partial charge in [-0.3, -0.25) is 9.59 Å². The van der Waals surface area contributed by atoms with Gasteiger partial charge in [-0.2, -0.15) is 4.98 Å². The Labute approximate surface area is 140 Å². The smallest absolute Gasteiger partial charge is 0.234 e. The van der Waals surface area contributed by atoms with Crippen LogP contribution in [0.4, 0.5) is 11.5 Å². The number of methoxy groups -OCH3 is 1. The minimum Gasteiger partial charge on any atom is -0.481 e. The minimum atomic E-state index is -2.64. The second kappa shape index (κ2) is 7.56. The summed E-state index contributed by atoms with van der Waals surface area (Å²) in [4.78, 5) is 27.7. The number of nitrogens with one attached hydrogen (secondary N) is 2. The van der Waals surface area contributed by atoms with Gasteiger partial charge in [-0.15, -0.1) is 0 Å². The maximum absolute atomic E-state index is 11.9. The zero-order valence-corrected chi connectivity index (χ0v) is 12.9. The summed E-state index contributed by atoms with van der Waals surface area (Å²) in [6.07, 6.45) is -0.423. The Morgan fingerprint density at radius 2 is 1.95 bits per heavy atom. The number of halogens is 1. The third-order valence-electron chi connectivity index (χ3n) is 2.56. The van der Waals surface area contributed by atoms with Crippen LogP contribution in [0.25, 0.3) is 0 Å². The number of para-hydroxylation sites is 1. The van der Waals surface area contributed by atoms with Crippen LogP contribution in [0, 0.1) is 0 Å². The van der Waals surface area contributed by atoms with Crippen molar-refractivity contribution in [3.8, 4) is 5.88 Å². The summed E-state index contributed by atoms with van der Waals surface area (Å²) in [5.74, 6) is -1.17. The molecule has 0 saturated heterocycles. The zero-order chi connectivity index (χ0) is 18.4. The molecule has 0 bridgehead atoms. The second-order valence-corrected chi connectivity index (χ2v) is 5.07. The Balaban J connectivity index is 1.93. The van der Waals surface area contributed by atoms with Gasteiger partial charge >= 0.3 is 0 Å². The number of carbonyl (C=O) groups excluding carboxylic acids is 2. The summed E-state index contributed by atoms with van der Waals surface area (Å²) in [5.41, 5.74) is 0.548. The molecule has 2 rings (SSSR count). The number of ether oxygens (including phenoxy) is 1. The van der Waals surface area contributed by atoms with Gasteiger partial charge in [-0.1, -0.05) is 18.2 Å². The van der Waals surface area contributed by atoms with E-state index in [0.29, 0.717) is 10.2 Å². The number of anilines is 2. The average molecular weight is 367 g/mol. The highest BCUT2D eigenvalue weighted by Crippen LogP contribution is 2.21. The lowest BCUT2D eigenvalue weighted by molar-refractivity contribution is -0.123. The van der Waals surface area contributed by atoms with Crippen molar-refractivity contribution in [1.82, 2.24) is 4.98 Å². The molecule has 114 valence electrons. The van der Waals surface area contributed by atoms with E-state index in [9.17, 15) is 9.59 Å². The monoisotopic (exact) mass is 366 g/mol. The first-order valence-electron chi connectivity index (χ1n) is 7.73. The predicted octanol–water partition coefficient (Wildman–Crippen LogP) is 2.82. The van der Waals surface area contributed by atoms with E-state index < -0.39 is 25.3 Å². The Kier molecular flexibility index (Phi) is 4.18. The number of nitrogens with zero attached hydrogens (tertiary/aromatic N) is 1. The maximum atomic E-state index is 11.9. The molecule has 0 unspecified atom stereocenters. The van der Waals surface area contributed by atoms with Crippen molar-refractivity contribution in [3.05, 3.63) is 46.9 Å². The lowest BCUT2D eigenvalue weighted by Gasteiger charge is -2.08. The van der Waals surface area contributed by atoms with Crippen LogP contribution in [0.2, 0.25) is 0 Å². The molecule has 0 spiro atoms. The Hall–Kier alpha value is -2.41. The van der Waals surface area contributed by atoms with Gasteiger partial charge in [0.15, 0.2) is 0 Å². The molecule has 22 heavy (non-hydrogen) atoms. The number of amides is 2. The molecule has 0 aliphatic carbocycles. The molecule has 2 amide bonds. The standard InChI is InChI=1S/C15H14BrN3O3/c1-22-15-8-4-7-12(19-15)18-14(21)9-13(20)17-11-6-3-2-5-10(11)16/h2-8H,9H2,1H3,(H,17,20)(H,18,19,21)/i1D3. The van der Waals surface area contributed by atoms with Crippen molar-refractivity contribution in [1.29, 1.82) is 0 Å². The number of hydrogen-bond acceptors (Lipinski definition) is 4. The van der Waals surface area contributed by atoms with Gasteiger partial charge < -0.3 is 15.4 Å². The van der Waals surface area contributed by atoms with Crippen LogP contribution < -0.4 is 15.4 Å². The van der Waals surface area contributed by atoms with Crippen molar-refractivity contribution < 1.29 is 18.4 Å². The van der Waals surface area contributed by atoms with Crippen LogP contribution in [0.15, 0.2) is 46.9 Å². The lowest BCUT2D eigenvalue weighted by Crippen LogP contribution is -2.22. The predicted molar refractivity (Wildman–Crippen MR) is 86.8 cm³/mol. The summed E-state index contributed by atoms with van der Waals surface area (Å²) in [7, 11) is -2.64. The largest absolute Gasteiger partial charge is 0.481 e. The van der Waals surface area contributed by atoms with Crippen molar-refractivity contribution in [2.45, 2.75) is 6.42 Å². The normalized spacial score (nSPS) is 12.5. The molecule has 0 aliphatic heterocycles. The fourth-order valence-corrected chi connectivity index (χ4v) is 2.02. The number of carbonyl (C=O) groups is 2. The molecule has 1 aromatic heterocycles. The van der Waals surface area contributed by atoms with E-state index in [4.69, 9.17) is 4.11 Å². The number of pyridine rings is 1. The number of benzene rings is 1. The third kappa shape index (κ3) is 4.56. The molecular weight excluding hydrogens is 350 g/mol. The maximum Gasteiger partial charge on any atom is 0.234 e. The molecule has 1 aromatic carbocycles. The summed E-state index contributed by atoms with van der Waals surface area (Å²) in [6.45, 7) is 0. The first-order chi connectivity index (χ1) is 11.7. The van der Waals surface area contributed by atoms with Crippen molar-refractivity contribution in [2.24, 2.45) is 0 Å². The molecule has 0 fully saturated rings. The zero-order valence-electron chi connectivity index (χ0n) is 14.3. The van der Waals surface area contributed by atoms with E-state index in [1.807, 2.05) is 0 Å². The molecule has 0 saturated carbocycles. The van der Waals surface area contributed by atoms with Crippen LogP contribution >= 0.6 is 15.9 Å². The van der Waals surface area contributed by atoms with E-state index in [1.165, 1.54) is 18.2 Å². The van der Waals surface area contributed by atoms with E-state index in [2.05, 4.69) is 36.3 Å². The van der Waals surface area contributed by atoms with E-state index >= 15 is 0 Å². The lowest BCUT2D eigenvalue weighted by atomic mass is 10.3. The molecule has 0 atom stereocenters. The number of hydrogen-bond donors (Lipinski definition) is 2. The minimum absolute atomic E-state index is 0.0837. The highest BCUT2D eigenvalue weighted by Gasteiger charge is 2.12. The van der Waals surface area contributed by atoms with Gasteiger partial charge in [0.2, 0.25) is 17.7 Å². The highest BCUT2D eigenvalue weighted by molar-refractivity contribution is 9.10. The Morgan fingerprint density at radius 1 is 1.18 bits per heavy atom. The van der Waals surface area contributed by atoms with Crippen molar-refractivity contribution >= 4 is 39.2 Å². The topological polar surface area (TPSA) is 80.3 Å². The number of aromatic nitrogens is 1. The van der Waals surface area contributed by atoms with Gasteiger partial charge in [-0.05, 0) is 34.1 Å². The van der Waals surface area contributed by atoms with Gasteiger partial charge in [0.25, 0.3) is 0 Å². The van der Waals surface area contributed by atoms with Gasteiger partial charge in [0.05, 0.1) is 16.8 Å². The SMILES string of the molecule is [2H]C([2H])([2H])Oc1cccc(NC(=O)CC(=O)Nc2ccccc2Br)n1. The third-order valence-corrected chi connectivity index (χ3v) is 3.26. The van der Waals surface area contributed by atoms with Crippen molar-refractivity contribution in [2.75, 3.05) is 17.7 Å². The molecule has 7 heteroatoms. The molecule has 2 N–H and O–H groups in total. The fourth-order valence-electron chi connectivity index (χ4n) is 1.63. The first kappa shape index (κ1) is 12.2. The molecule has 1 heterocycles. The summed E-state index contributed by atoms with van der Waals surface area (Å²) < 4.78 is 26.4. The van der Waals surface area contributed by atoms with Crippen molar-refractivity contribution in [3.63, 3.8) is 0 Å². The van der Waals surface area contributed by atoms with E-state index in [1.54, 1.807) is 24.3 Å². The summed E-state index contributed by atoms with van der Waals surface area (Å²) in [5, 5.41) is 5.02. The van der Waals surface area contributed by atoms with Crippen LogP contribution in [0.3, 0.4) is 0 Å². The quantitative estimate of drug-likeness (QED) is 0.797. The molecule has 6 nitrogen and oxygen atoms in total. The Bertz CT molecular complexity index is 784. The van der Waals surface area contributed by atoms with E-state index in [0.717, 1.165) is 0 Å². The Morgan fingerprint density at radius 3 is 2.73 bits per heavy atom. The molecule has 0 radical (unpaired) electrons. The summed E-state index contributed by atoms with van der Waals surface area (Å²) in [6, 6.07) is 11.3. The average Bonchev–Trinajstić information content (AvgIpc) is 2.48. The summed E-state index contributed by atoms with van der Waals surface area (Å²) >= 11 is 3.29. The van der Waals surface area contributed by atoms with Crippen LogP contribution in [-0.2, 0) is 9.59 Å². The highest BCUT2D eigenvalue weighted by atomic mass is 79.9.